The van der Waals surface area contributed by atoms with Crippen LogP contribution >= 0.6 is 0 Å². The Morgan fingerprint density at radius 2 is 0.821 bits per heavy atom. The predicted molar refractivity (Wildman–Crippen MR) is 241 cm³/mol. The van der Waals surface area contributed by atoms with Crippen LogP contribution in [-0.4, -0.2) is 0 Å². The lowest BCUT2D eigenvalue weighted by atomic mass is 9.75. The summed E-state index contributed by atoms with van der Waals surface area (Å²) in [5, 5.41) is 2.37. The van der Waals surface area contributed by atoms with Gasteiger partial charge in [-0.05, 0) is 96.5 Å². The van der Waals surface area contributed by atoms with E-state index in [1.807, 2.05) is 0 Å². The van der Waals surface area contributed by atoms with Crippen molar-refractivity contribution >= 4 is 34.3 Å². The van der Waals surface area contributed by atoms with Gasteiger partial charge in [-0.3, -0.25) is 0 Å². The second-order valence-corrected chi connectivity index (χ2v) is 15.6. The topological polar surface area (TPSA) is 6.48 Å². The number of rotatable bonds is 10. The van der Waals surface area contributed by atoms with Gasteiger partial charge in [0.2, 0.25) is 0 Å². The molecule has 2 unspecified atom stereocenters. The van der Waals surface area contributed by atoms with Crippen LogP contribution in [0.3, 0.4) is 0 Å². The Morgan fingerprint density at radius 1 is 0.446 bits per heavy atom. The van der Waals surface area contributed by atoms with Gasteiger partial charge in [-0.1, -0.05) is 172 Å². The van der Waals surface area contributed by atoms with Gasteiger partial charge < -0.3 is 9.80 Å². The lowest BCUT2D eigenvalue weighted by Crippen LogP contribution is -2.25. The first-order valence-corrected chi connectivity index (χ1v) is 19.8. The number of hydrogen-bond donors (Lipinski definition) is 0. The van der Waals surface area contributed by atoms with Gasteiger partial charge >= 0.3 is 0 Å². The molecule has 0 bridgehead atoms. The number of nitrogens with zero attached hydrogens (tertiary/aromatic N) is 2. The molecule has 0 saturated carbocycles. The van der Waals surface area contributed by atoms with Gasteiger partial charge in [0.05, 0.1) is 11.4 Å². The summed E-state index contributed by atoms with van der Waals surface area (Å²) in [5.74, 6) is 0. The van der Waals surface area contributed by atoms with Crippen LogP contribution in [0, 0.1) is 13.8 Å². The van der Waals surface area contributed by atoms with Crippen LogP contribution in [0.25, 0.3) is 22.9 Å². The van der Waals surface area contributed by atoms with E-state index in [9.17, 15) is 0 Å². The highest BCUT2D eigenvalue weighted by Crippen LogP contribution is 2.43. The standard InChI is InChI=1S/C54H50N2/c1-41-17-11-15-25-49(41)53(3)35-29-45(30-36-53)55(39-33-43-19-7-5-8-20-43)51-27-28-52(48-24-14-13-23-47(48)51)56(40-34-44-21-9-6-10-22-44)46-31-37-54(4,38-32-46)50-26-16-12-18-42(50)2/h5-35,37,39-40H,36,38H2,1-4H3. The summed E-state index contributed by atoms with van der Waals surface area (Å²) in [6.45, 7) is 9.14. The maximum atomic E-state index is 2.41. The van der Waals surface area contributed by atoms with E-state index in [1.54, 1.807) is 0 Å². The number of benzene rings is 6. The summed E-state index contributed by atoms with van der Waals surface area (Å²) in [5.41, 5.74) is 12.2. The molecule has 2 heteroatoms. The maximum Gasteiger partial charge on any atom is 0.0535 e. The molecule has 0 aliphatic heterocycles. The Bertz CT molecular complexity index is 2360. The van der Waals surface area contributed by atoms with E-state index in [0.717, 1.165) is 46.7 Å². The first kappa shape index (κ1) is 36.6. The molecule has 0 saturated heterocycles. The molecule has 6 aromatic carbocycles. The Balaban J connectivity index is 1.21. The normalized spacial score (nSPS) is 19.4. The average molecular weight is 727 g/mol. The van der Waals surface area contributed by atoms with Crippen LogP contribution in [0.4, 0.5) is 11.4 Å². The van der Waals surface area contributed by atoms with Gasteiger partial charge in [0.25, 0.3) is 0 Å². The van der Waals surface area contributed by atoms with Crippen molar-refractivity contribution in [3.63, 3.8) is 0 Å². The molecule has 2 nitrogen and oxygen atoms in total. The van der Waals surface area contributed by atoms with Crippen molar-refractivity contribution in [2.75, 3.05) is 9.80 Å². The van der Waals surface area contributed by atoms with Crippen molar-refractivity contribution < 1.29 is 0 Å². The molecule has 276 valence electrons. The van der Waals surface area contributed by atoms with E-state index in [-0.39, 0.29) is 10.8 Å². The van der Waals surface area contributed by atoms with Gasteiger partial charge in [0, 0.05) is 45.4 Å². The highest BCUT2D eigenvalue weighted by molar-refractivity contribution is 6.04. The van der Waals surface area contributed by atoms with Crippen molar-refractivity contribution in [1.82, 2.24) is 0 Å². The number of hydrogen-bond acceptors (Lipinski definition) is 2. The van der Waals surface area contributed by atoms with Crippen LogP contribution in [0.1, 0.15) is 60.1 Å². The quantitative estimate of drug-likeness (QED) is 0.139. The molecule has 0 aromatic heterocycles. The van der Waals surface area contributed by atoms with Gasteiger partial charge in [-0.15, -0.1) is 0 Å². The first-order chi connectivity index (χ1) is 27.3. The molecule has 2 aliphatic carbocycles. The maximum absolute atomic E-state index is 2.41. The molecular formula is C54H50N2. The fourth-order valence-corrected chi connectivity index (χ4v) is 8.38. The molecule has 0 amide bonds. The summed E-state index contributed by atoms with van der Waals surface area (Å²) in [7, 11) is 0. The number of fused-ring (bicyclic) bond motifs is 1. The molecule has 2 atom stereocenters. The monoisotopic (exact) mass is 726 g/mol. The molecule has 0 fully saturated rings. The van der Waals surface area contributed by atoms with Crippen molar-refractivity contribution in [3.8, 4) is 0 Å². The molecule has 0 N–H and O–H groups in total. The zero-order chi connectivity index (χ0) is 38.5. The number of allylic oxidation sites excluding steroid dienone is 6. The summed E-state index contributed by atoms with van der Waals surface area (Å²) in [4.78, 5) is 4.73. The van der Waals surface area contributed by atoms with Gasteiger partial charge in [0.1, 0.15) is 0 Å². The van der Waals surface area contributed by atoms with E-state index in [2.05, 4.69) is 244 Å². The average Bonchev–Trinajstić information content (AvgIpc) is 3.23. The van der Waals surface area contributed by atoms with E-state index in [1.165, 1.54) is 33.0 Å². The molecule has 56 heavy (non-hydrogen) atoms. The predicted octanol–water partition coefficient (Wildman–Crippen LogP) is 14.0. The minimum Gasteiger partial charge on any atom is -0.317 e. The first-order valence-electron chi connectivity index (χ1n) is 19.8. The highest BCUT2D eigenvalue weighted by atomic mass is 15.1. The zero-order valence-electron chi connectivity index (χ0n) is 32.9. The van der Waals surface area contributed by atoms with E-state index in [4.69, 9.17) is 0 Å². The third kappa shape index (κ3) is 7.48. The van der Waals surface area contributed by atoms with Crippen molar-refractivity contribution in [3.05, 3.63) is 239 Å². The second-order valence-electron chi connectivity index (χ2n) is 15.6. The second kappa shape index (κ2) is 15.8. The Morgan fingerprint density at radius 3 is 1.20 bits per heavy atom. The van der Waals surface area contributed by atoms with Crippen LogP contribution in [-0.2, 0) is 10.8 Å². The molecular weight excluding hydrogens is 677 g/mol. The fraction of sp³-hybridized carbons (Fsp3) is 0.148. The largest absolute Gasteiger partial charge is 0.317 e. The lowest BCUT2D eigenvalue weighted by Gasteiger charge is -2.34. The van der Waals surface area contributed by atoms with Gasteiger partial charge in [-0.2, -0.15) is 0 Å². The third-order valence-corrected chi connectivity index (χ3v) is 11.6. The van der Waals surface area contributed by atoms with Crippen molar-refractivity contribution in [2.45, 2.75) is 51.4 Å². The summed E-state index contributed by atoms with van der Waals surface area (Å²) >= 11 is 0. The molecule has 8 rings (SSSR count). The fourth-order valence-electron chi connectivity index (χ4n) is 8.38. The molecule has 0 heterocycles. The Kier molecular flexibility index (Phi) is 10.3. The molecule has 0 radical (unpaired) electrons. The van der Waals surface area contributed by atoms with Crippen LogP contribution in [0.15, 0.2) is 206 Å². The minimum atomic E-state index is -0.0717. The van der Waals surface area contributed by atoms with Crippen LogP contribution in [0.2, 0.25) is 0 Å². The summed E-state index contributed by atoms with van der Waals surface area (Å²) < 4.78 is 0. The summed E-state index contributed by atoms with van der Waals surface area (Å²) in [6.07, 6.45) is 24.9. The van der Waals surface area contributed by atoms with E-state index < -0.39 is 0 Å². The van der Waals surface area contributed by atoms with Crippen LogP contribution < -0.4 is 9.80 Å². The van der Waals surface area contributed by atoms with E-state index >= 15 is 0 Å². The van der Waals surface area contributed by atoms with Crippen LogP contribution in [0.5, 0.6) is 0 Å². The highest BCUT2D eigenvalue weighted by Gasteiger charge is 2.29. The minimum absolute atomic E-state index is 0.0717. The van der Waals surface area contributed by atoms with Crippen molar-refractivity contribution in [2.24, 2.45) is 0 Å². The Labute approximate surface area is 333 Å². The SMILES string of the molecule is Cc1ccccc1C1(C)C=CC(N(C=Cc2ccccc2)c2ccc(N(C=Cc3ccccc3)C3=CCC(C)(c4ccccc4C)C=C3)c3ccccc23)=CC1. The number of aryl methyl sites for hydroxylation is 2. The lowest BCUT2D eigenvalue weighted by molar-refractivity contribution is 0.591. The smallest absolute Gasteiger partial charge is 0.0535 e. The van der Waals surface area contributed by atoms with Gasteiger partial charge in [0.15, 0.2) is 0 Å². The molecule has 0 spiro atoms. The van der Waals surface area contributed by atoms with E-state index in [0.29, 0.717) is 0 Å². The summed E-state index contributed by atoms with van der Waals surface area (Å²) in [6, 6.07) is 52.1. The Hall–Kier alpha value is -6.38. The van der Waals surface area contributed by atoms with Crippen molar-refractivity contribution in [1.29, 1.82) is 0 Å². The molecule has 2 aliphatic rings. The zero-order valence-corrected chi connectivity index (χ0v) is 32.9. The molecule has 6 aromatic rings. The van der Waals surface area contributed by atoms with Gasteiger partial charge in [-0.25, -0.2) is 0 Å². The number of anilines is 2. The third-order valence-electron chi connectivity index (χ3n) is 11.6.